The van der Waals surface area contributed by atoms with Crippen LogP contribution in [-0.4, -0.2) is 50.0 Å². The molecule has 86 valence electrons. The maximum atomic E-state index is 11.4. The largest absolute Gasteiger partial charge is 0.515 e. The molecule has 0 aliphatic carbocycles. The van der Waals surface area contributed by atoms with Gasteiger partial charge in [0, 0.05) is 0 Å². The van der Waals surface area contributed by atoms with E-state index >= 15 is 0 Å². The van der Waals surface area contributed by atoms with Gasteiger partial charge in [0.2, 0.25) is 6.04 Å². The maximum Gasteiger partial charge on any atom is 0.515 e. The molecule has 15 heavy (non-hydrogen) atoms. The first kappa shape index (κ1) is 12.3. The molecule has 1 aliphatic rings. The normalized spacial score (nSPS) is 31.5. The third-order valence-electron chi connectivity index (χ3n) is 2.93. The van der Waals surface area contributed by atoms with Crippen LogP contribution in [0.2, 0.25) is 0 Å². The first-order chi connectivity index (χ1) is 6.73. The summed E-state index contributed by atoms with van der Waals surface area (Å²) in [6.45, 7) is 5.30. The molecule has 0 saturated carbocycles. The molecule has 1 fully saturated rings. The summed E-state index contributed by atoms with van der Waals surface area (Å²) in [4.78, 5) is 22.5. The first-order valence-electron chi connectivity index (χ1n) is 4.65. The molecule has 5 nitrogen and oxygen atoms in total. The van der Waals surface area contributed by atoms with E-state index in [2.05, 4.69) is 0 Å². The van der Waals surface area contributed by atoms with Gasteiger partial charge in [-0.05, 0) is 20.8 Å². The molecule has 1 saturated heterocycles. The van der Waals surface area contributed by atoms with E-state index in [1.807, 2.05) is 0 Å². The van der Waals surface area contributed by atoms with Crippen molar-refractivity contribution in [1.82, 2.24) is 0 Å². The summed E-state index contributed by atoms with van der Waals surface area (Å²) < 4.78 is -0.396. The Hall–Kier alpha value is -0.750. The van der Waals surface area contributed by atoms with Crippen LogP contribution in [0.5, 0.6) is 0 Å². The van der Waals surface area contributed by atoms with Gasteiger partial charge in [-0.1, -0.05) is 11.8 Å². The summed E-state index contributed by atoms with van der Waals surface area (Å²) in [6, 6.07) is -0.854. The van der Waals surface area contributed by atoms with Gasteiger partial charge in [0.25, 0.3) is 0 Å². The number of hydrogen-bond acceptors (Lipinski definition) is 3. The molecule has 0 aromatic rings. The monoisotopic (exact) mass is 234 g/mol. The smallest absolute Gasteiger partial charge is 0.477 e. The fourth-order valence-corrected chi connectivity index (χ4v) is 3.61. The van der Waals surface area contributed by atoms with Crippen molar-refractivity contribution >= 4 is 23.8 Å². The third-order valence-corrected chi connectivity index (χ3v) is 4.07. The highest BCUT2D eigenvalue weighted by atomic mass is 32.2. The standard InChI is InChI=1S/C9H15NO4S/c1-9(2,3)10(8(13)14)5-15-4-6(10)7(11)12/h6H,4-5H2,1-3H3,(H-,11,12,13,14)/p+1. The molecule has 1 aliphatic heterocycles. The lowest BCUT2D eigenvalue weighted by Gasteiger charge is -2.42. The molecular formula is C9H16NO4S+. The average Bonchev–Trinajstić information content (AvgIpc) is 2.45. The van der Waals surface area contributed by atoms with Crippen molar-refractivity contribution in [3.05, 3.63) is 0 Å². The Balaban J connectivity index is 3.22. The van der Waals surface area contributed by atoms with Crippen LogP contribution in [0.15, 0.2) is 0 Å². The van der Waals surface area contributed by atoms with Crippen LogP contribution in [-0.2, 0) is 4.79 Å². The van der Waals surface area contributed by atoms with Crippen LogP contribution in [0.3, 0.4) is 0 Å². The van der Waals surface area contributed by atoms with Gasteiger partial charge in [-0.2, -0.15) is 9.28 Å². The zero-order valence-corrected chi connectivity index (χ0v) is 9.87. The number of carbonyl (C=O) groups is 2. The summed E-state index contributed by atoms with van der Waals surface area (Å²) in [5.41, 5.74) is -0.613. The second-order valence-electron chi connectivity index (χ2n) is 4.68. The Morgan fingerprint density at radius 3 is 2.13 bits per heavy atom. The van der Waals surface area contributed by atoms with E-state index in [0.717, 1.165) is 0 Å². The molecule has 0 aromatic carbocycles. The van der Waals surface area contributed by atoms with Crippen molar-refractivity contribution in [3.63, 3.8) is 0 Å². The molecule has 0 spiro atoms. The summed E-state index contributed by atoms with van der Waals surface area (Å²) in [5, 5.41) is 18.4. The van der Waals surface area contributed by atoms with E-state index in [1.165, 1.54) is 11.8 Å². The highest BCUT2D eigenvalue weighted by molar-refractivity contribution is 7.99. The van der Waals surface area contributed by atoms with Gasteiger partial charge in [-0.25, -0.2) is 4.79 Å². The van der Waals surface area contributed by atoms with Crippen molar-refractivity contribution < 1.29 is 24.3 Å². The van der Waals surface area contributed by atoms with E-state index < -0.39 is 28.1 Å². The minimum absolute atomic E-state index is 0.315. The Labute approximate surface area is 92.7 Å². The highest BCUT2D eigenvalue weighted by Crippen LogP contribution is 2.38. The molecular weight excluding hydrogens is 218 g/mol. The molecule has 0 aromatic heterocycles. The van der Waals surface area contributed by atoms with E-state index in [-0.39, 0.29) is 0 Å². The summed E-state index contributed by atoms with van der Waals surface area (Å²) in [5.74, 6) is -0.355. The predicted molar refractivity (Wildman–Crippen MR) is 56.8 cm³/mol. The van der Waals surface area contributed by atoms with Gasteiger partial charge in [-0.15, -0.1) is 0 Å². The second kappa shape index (κ2) is 3.68. The van der Waals surface area contributed by atoms with Gasteiger partial charge in [-0.3, -0.25) is 0 Å². The third kappa shape index (κ3) is 1.72. The fourth-order valence-electron chi connectivity index (χ4n) is 1.92. The number of quaternary nitrogens is 1. The van der Waals surface area contributed by atoms with Crippen LogP contribution in [0.1, 0.15) is 20.8 Å². The van der Waals surface area contributed by atoms with Gasteiger partial charge >= 0.3 is 12.1 Å². The number of rotatable bonds is 1. The molecule has 1 amide bonds. The fraction of sp³-hybridized carbons (Fsp3) is 0.778. The van der Waals surface area contributed by atoms with Gasteiger partial charge in [0.15, 0.2) is 0 Å². The van der Waals surface area contributed by atoms with Gasteiger partial charge in [0.05, 0.1) is 5.75 Å². The maximum absolute atomic E-state index is 11.4. The quantitative estimate of drug-likeness (QED) is 0.671. The number of hydrogen-bond donors (Lipinski definition) is 2. The Morgan fingerprint density at radius 1 is 1.33 bits per heavy atom. The number of nitrogens with zero attached hydrogens (tertiary/aromatic N) is 1. The molecule has 0 radical (unpaired) electrons. The van der Waals surface area contributed by atoms with E-state index in [4.69, 9.17) is 5.11 Å². The Bertz CT molecular complexity index is 299. The SMILES string of the molecule is CC(C)(C)[N+]1(C(=O)O)CSCC1C(=O)O. The number of carboxylic acid groups (broad SMARTS) is 2. The highest BCUT2D eigenvalue weighted by Gasteiger charge is 2.59. The van der Waals surface area contributed by atoms with E-state index in [9.17, 15) is 14.7 Å². The van der Waals surface area contributed by atoms with Crippen LogP contribution in [0.4, 0.5) is 4.79 Å². The van der Waals surface area contributed by atoms with Crippen LogP contribution < -0.4 is 0 Å². The van der Waals surface area contributed by atoms with Crippen LogP contribution >= 0.6 is 11.8 Å². The lowest BCUT2D eigenvalue weighted by Crippen LogP contribution is -2.67. The lowest BCUT2D eigenvalue weighted by molar-refractivity contribution is -0.900. The average molecular weight is 234 g/mol. The minimum atomic E-state index is -1.06. The Morgan fingerprint density at radius 2 is 1.87 bits per heavy atom. The van der Waals surface area contributed by atoms with Crippen LogP contribution in [0.25, 0.3) is 0 Å². The number of carboxylic acids is 1. The predicted octanol–water partition coefficient (Wildman–Crippen LogP) is 1.44. The van der Waals surface area contributed by atoms with Crippen molar-refractivity contribution in [2.24, 2.45) is 0 Å². The number of thioether (sulfide) groups is 1. The Kier molecular flexibility index (Phi) is 3.02. The first-order valence-corrected chi connectivity index (χ1v) is 5.81. The van der Waals surface area contributed by atoms with Crippen molar-refractivity contribution in [1.29, 1.82) is 0 Å². The van der Waals surface area contributed by atoms with Crippen molar-refractivity contribution in [3.8, 4) is 0 Å². The molecule has 2 atom stereocenters. The van der Waals surface area contributed by atoms with Crippen molar-refractivity contribution in [2.45, 2.75) is 32.4 Å². The molecule has 1 heterocycles. The van der Waals surface area contributed by atoms with Gasteiger partial charge < -0.3 is 10.2 Å². The van der Waals surface area contributed by atoms with Gasteiger partial charge in [0.1, 0.15) is 11.4 Å². The second-order valence-corrected chi connectivity index (χ2v) is 5.68. The minimum Gasteiger partial charge on any atom is -0.477 e. The molecule has 1 rings (SSSR count). The zero-order chi connectivity index (χ0) is 11.9. The molecule has 2 unspecified atom stereocenters. The summed E-state index contributed by atoms with van der Waals surface area (Å²) in [7, 11) is 0. The summed E-state index contributed by atoms with van der Waals surface area (Å²) >= 11 is 1.38. The lowest BCUT2D eigenvalue weighted by atomic mass is 10.00. The summed E-state index contributed by atoms with van der Waals surface area (Å²) in [6.07, 6.45) is -1.06. The van der Waals surface area contributed by atoms with E-state index in [0.29, 0.717) is 11.6 Å². The van der Waals surface area contributed by atoms with Crippen molar-refractivity contribution in [2.75, 3.05) is 11.6 Å². The zero-order valence-electron chi connectivity index (χ0n) is 9.06. The van der Waals surface area contributed by atoms with Crippen LogP contribution in [0, 0.1) is 0 Å². The van der Waals surface area contributed by atoms with E-state index in [1.54, 1.807) is 20.8 Å². The number of aliphatic carboxylic acids is 1. The number of amides is 1. The molecule has 6 heteroatoms. The molecule has 0 bridgehead atoms. The topological polar surface area (TPSA) is 74.6 Å². The molecule has 2 N–H and O–H groups in total.